The molecule has 5 heteroatoms. The minimum atomic E-state index is -1.99. The van der Waals surface area contributed by atoms with Crippen molar-refractivity contribution >= 4 is 22.4 Å². The number of unbranched alkanes of at least 4 members (excludes halogenated alkanes) is 2. The summed E-state index contributed by atoms with van der Waals surface area (Å²) in [5.41, 5.74) is -0.329. The molecular formula is C29H56O3Si2. The molecule has 34 heavy (non-hydrogen) atoms. The molecule has 1 saturated carbocycles. The van der Waals surface area contributed by atoms with E-state index in [9.17, 15) is 4.79 Å². The van der Waals surface area contributed by atoms with Crippen LogP contribution in [-0.4, -0.2) is 34.1 Å². The standard InChI is InChI=1S/C29H56O3Si2/c1-14-16-17-20-29(9,32-34(12,13)28(6,7)8)21-19-24-23(18-15-2)25(30)22-26(24)31-33(10,11)27(3,4)5/h15,19,21,23-24,26H,2,14,16-18,20,22H2,1,3-13H3/b21-19+/t23?,24?,26?,29-/m1/s1. The molecule has 1 aliphatic carbocycles. The molecule has 0 aliphatic heterocycles. The van der Waals surface area contributed by atoms with Crippen LogP contribution in [0.4, 0.5) is 0 Å². The molecule has 0 aromatic heterocycles. The van der Waals surface area contributed by atoms with Gasteiger partial charge in [-0.15, -0.1) is 6.58 Å². The second kappa shape index (κ2) is 11.7. The Morgan fingerprint density at radius 3 is 2.00 bits per heavy atom. The zero-order chi connectivity index (χ0) is 26.6. The molecule has 0 aromatic rings. The SMILES string of the molecule is C=CCC1C(=O)CC(O[Si](C)(C)C(C)(C)C)C1/C=C/[C@@](C)(CCCCC)O[Si](C)(C)C(C)(C)C. The molecular weight excluding hydrogens is 452 g/mol. The van der Waals surface area contributed by atoms with E-state index in [-0.39, 0.29) is 33.6 Å². The third-order valence-corrected chi connectivity index (χ3v) is 17.7. The minimum Gasteiger partial charge on any atom is -0.413 e. The fourth-order valence-electron chi connectivity index (χ4n) is 4.31. The number of rotatable bonds is 12. The minimum absolute atomic E-state index is 0.0451. The highest BCUT2D eigenvalue weighted by Gasteiger charge is 2.47. The Labute approximate surface area is 214 Å². The molecule has 198 valence electrons. The fourth-order valence-corrected chi connectivity index (χ4v) is 7.30. The fraction of sp³-hybridized carbons (Fsp3) is 0.828. The Balaban J connectivity index is 3.33. The van der Waals surface area contributed by atoms with Crippen LogP contribution in [0.25, 0.3) is 0 Å². The van der Waals surface area contributed by atoms with Crippen molar-refractivity contribution in [3.05, 3.63) is 24.8 Å². The largest absolute Gasteiger partial charge is 0.413 e. The molecule has 1 aliphatic rings. The van der Waals surface area contributed by atoms with Crippen LogP contribution in [0.15, 0.2) is 24.8 Å². The Kier molecular flexibility index (Phi) is 10.9. The lowest BCUT2D eigenvalue weighted by atomic mass is 9.88. The zero-order valence-electron chi connectivity index (χ0n) is 24.6. The van der Waals surface area contributed by atoms with Crippen molar-refractivity contribution in [2.45, 2.75) is 142 Å². The quantitative estimate of drug-likeness (QED) is 0.150. The van der Waals surface area contributed by atoms with Gasteiger partial charge >= 0.3 is 0 Å². The molecule has 0 saturated heterocycles. The van der Waals surface area contributed by atoms with Gasteiger partial charge in [0.15, 0.2) is 16.6 Å². The maximum Gasteiger partial charge on any atom is 0.193 e. The van der Waals surface area contributed by atoms with E-state index in [4.69, 9.17) is 8.85 Å². The van der Waals surface area contributed by atoms with Crippen LogP contribution in [0.5, 0.6) is 0 Å². The van der Waals surface area contributed by atoms with Crippen LogP contribution in [0.1, 0.15) is 93.9 Å². The highest BCUT2D eigenvalue weighted by Crippen LogP contribution is 2.44. The average molecular weight is 509 g/mol. The topological polar surface area (TPSA) is 35.5 Å². The van der Waals surface area contributed by atoms with Gasteiger partial charge in [-0.2, -0.15) is 0 Å². The number of Topliss-reactive ketones (excluding diaryl/α,β-unsaturated/α-hetero) is 1. The van der Waals surface area contributed by atoms with Crippen LogP contribution in [-0.2, 0) is 13.6 Å². The first kappa shape index (κ1) is 31.5. The summed E-state index contributed by atoms with van der Waals surface area (Å²) in [6.07, 6.45) is 12.2. The first-order valence-electron chi connectivity index (χ1n) is 13.5. The summed E-state index contributed by atoms with van der Waals surface area (Å²) in [7, 11) is -3.96. The molecule has 0 aromatic carbocycles. The van der Waals surface area contributed by atoms with E-state index < -0.39 is 16.6 Å². The lowest BCUT2D eigenvalue weighted by Gasteiger charge is -2.43. The van der Waals surface area contributed by atoms with Crippen molar-refractivity contribution in [1.82, 2.24) is 0 Å². The molecule has 4 atom stereocenters. The number of hydrogen-bond acceptors (Lipinski definition) is 3. The lowest BCUT2D eigenvalue weighted by molar-refractivity contribution is -0.121. The van der Waals surface area contributed by atoms with Crippen LogP contribution in [0.2, 0.25) is 36.3 Å². The van der Waals surface area contributed by atoms with Gasteiger partial charge in [0.05, 0.1) is 11.7 Å². The summed E-state index contributed by atoms with van der Waals surface area (Å²) >= 11 is 0. The van der Waals surface area contributed by atoms with Crippen LogP contribution < -0.4 is 0 Å². The Morgan fingerprint density at radius 1 is 0.971 bits per heavy atom. The molecule has 0 bridgehead atoms. The van der Waals surface area contributed by atoms with Crippen LogP contribution in [0.3, 0.4) is 0 Å². The van der Waals surface area contributed by atoms with E-state index >= 15 is 0 Å². The van der Waals surface area contributed by atoms with Crippen molar-refractivity contribution in [1.29, 1.82) is 0 Å². The van der Waals surface area contributed by atoms with Gasteiger partial charge in [-0.1, -0.05) is 86.0 Å². The number of carbonyl (C=O) groups is 1. The first-order chi connectivity index (χ1) is 15.3. The van der Waals surface area contributed by atoms with Crippen LogP contribution >= 0.6 is 0 Å². The lowest BCUT2D eigenvalue weighted by Crippen LogP contribution is -2.48. The smallest absolute Gasteiger partial charge is 0.193 e. The predicted octanol–water partition coefficient (Wildman–Crippen LogP) is 9.08. The Bertz CT molecular complexity index is 712. The van der Waals surface area contributed by atoms with E-state index in [2.05, 4.69) is 100 Å². The third kappa shape index (κ3) is 8.28. The predicted molar refractivity (Wildman–Crippen MR) is 153 cm³/mol. The number of carbonyl (C=O) groups excluding carboxylic acids is 1. The van der Waals surface area contributed by atoms with Gasteiger partial charge < -0.3 is 8.85 Å². The van der Waals surface area contributed by atoms with Crippen molar-refractivity contribution in [2.75, 3.05) is 0 Å². The number of ketones is 1. The maximum atomic E-state index is 13.0. The van der Waals surface area contributed by atoms with E-state index in [1.165, 1.54) is 12.8 Å². The van der Waals surface area contributed by atoms with Crippen molar-refractivity contribution in [3.8, 4) is 0 Å². The van der Waals surface area contributed by atoms with Gasteiger partial charge in [-0.3, -0.25) is 4.79 Å². The third-order valence-electron chi connectivity index (χ3n) is 8.62. The van der Waals surface area contributed by atoms with Gasteiger partial charge in [-0.25, -0.2) is 0 Å². The normalized spacial score (nSPS) is 24.6. The van der Waals surface area contributed by atoms with E-state index in [1.807, 2.05) is 6.08 Å². The van der Waals surface area contributed by atoms with Gasteiger partial charge in [0.1, 0.15) is 5.78 Å². The van der Waals surface area contributed by atoms with Crippen molar-refractivity contribution in [2.24, 2.45) is 11.8 Å². The molecule has 1 fully saturated rings. The maximum absolute atomic E-state index is 13.0. The monoisotopic (exact) mass is 508 g/mol. The molecule has 3 unspecified atom stereocenters. The highest BCUT2D eigenvalue weighted by atomic mass is 28.4. The molecule has 0 amide bonds. The molecule has 0 N–H and O–H groups in total. The summed E-state index contributed by atoms with van der Waals surface area (Å²) < 4.78 is 13.9. The Hall–Kier alpha value is -0.496. The van der Waals surface area contributed by atoms with Crippen molar-refractivity contribution < 1.29 is 13.6 Å². The van der Waals surface area contributed by atoms with Gasteiger partial charge in [0, 0.05) is 18.3 Å². The summed E-state index contributed by atoms with van der Waals surface area (Å²) in [6, 6.07) is 0. The average Bonchev–Trinajstić information content (AvgIpc) is 2.92. The van der Waals surface area contributed by atoms with E-state index in [0.717, 1.165) is 12.8 Å². The summed E-state index contributed by atoms with van der Waals surface area (Å²) in [5.74, 6) is 0.348. The Morgan fingerprint density at radius 2 is 1.53 bits per heavy atom. The first-order valence-corrected chi connectivity index (χ1v) is 19.3. The van der Waals surface area contributed by atoms with Gasteiger partial charge in [0.25, 0.3) is 0 Å². The van der Waals surface area contributed by atoms with Gasteiger partial charge in [0.2, 0.25) is 0 Å². The summed E-state index contributed by atoms with van der Waals surface area (Å²) in [5, 5.41) is 0.260. The number of allylic oxidation sites excluding steroid dienone is 1. The molecule has 1 rings (SSSR count). The second-order valence-corrected chi connectivity index (χ2v) is 23.3. The van der Waals surface area contributed by atoms with E-state index in [1.54, 1.807) is 0 Å². The molecule has 0 heterocycles. The van der Waals surface area contributed by atoms with E-state index in [0.29, 0.717) is 18.6 Å². The molecule has 0 radical (unpaired) electrons. The molecule has 3 nitrogen and oxygen atoms in total. The zero-order valence-corrected chi connectivity index (χ0v) is 26.6. The second-order valence-electron chi connectivity index (χ2n) is 13.8. The van der Waals surface area contributed by atoms with Crippen molar-refractivity contribution in [3.63, 3.8) is 0 Å². The van der Waals surface area contributed by atoms with Gasteiger partial charge in [-0.05, 0) is 56.0 Å². The van der Waals surface area contributed by atoms with Crippen LogP contribution in [0, 0.1) is 11.8 Å². The highest BCUT2D eigenvalue weighted by molar-refractivity contribution is 6.74. The molecule has 0 spiro atoms. The number of hydrogen-bond donors (Lipinski definition) is 0. The summed E-state index contributed by atoms with van der Waals surface area (Å²) in [6.45, 7) is 31.4. The summed E-state index contributed by atoms with van der Waals surface area (Å²) in [4.78, 5) is 13.0.